The Bertz CT molecular complexity index is 671. The molecular formula is C14H21N5O6. The van der Waals surface area contributed by atoms with E-state index >= 15 is 0 Å². The molecule has 1 aromatic heterocycles. The summed E-state index contributed by atoms with van der Waals surface area (Å²) in [4.78, 5) is 49.5. The monoisotopic (exact) mass is 355 g/mol. The zero-order valence-electron chi connectivity index (χ0n) is 14.3. The number of hydrogen-bond donors (Lipinski definition) is 2. The first-order chi connectivity index (χ1) is 11.6. The Balaban J connectivity index is 2.75. The van der Waals surface area contributed by atoms with Crippen LogP contribution in [0.3, 0.4) is 0 Å². The average Bonchev–Trinajstić information content (AvgIpc) is 2.89. The summed E-state index contributed by atoms with van der Waals surface area (Å²) in [7, 11) is 0. The molecule has 0 radical (unpaired) electrons. The molecule has 0 aliphatic heterocycles. The minimum atomic E-state index is -1.16. The Morgan fingerprint density at radius 2 is 2.12 bits per heavy atom. The average molecular weight is 355 g/mol. The van der Waals surface area contributed by atoms with Gasteiger partial charge in [-0.1, -0.05) is 0 Å². The number of imidazole rings is 1. The predicted molar refractivity (Wildman–Crippen MR) is 85.7 cm³/mol. The molecule has 1 aromatic rings. The molecule has 0 bridgehead atoms. The lowest BCUT2D eigenvalue weighted by Crippen LogP contribution is -2.46. The van der Waals surface area contributed by atoms with Gasteiger partial charge in [0.2, 0.25) is 17.6 Å². The lowest BCUT2D eigenvalue weighted by Gasteiger charge is -2.26. The maximum Gasteiger partial charge on any atom is 0.381 e. The molecule has 2 N–H and O–H groups in total. The number of carbonyl (C=O) groups excluding carboxylic acids is 2. The minimum Gasteiger partial charge on any atom is -0.480 e. The fraction of sp³-hybridized carbons (Fsp3) is 0.571. The number of aryl methyl sites for hydroxylation is 2. The van der Waals surface area contributed by atoms with Crippen molar-refractivity contribution in [3.8, 4) is 0 Å². The van der Waals surface area contributed by atoms with E-state index in [0.717, 1.165) is 4.90 Å². The molecule has 0 aliphatic rings. The number of nitro groups is 1. The lowest BCUT2D eigenvalue weighted by molar-refractivity contribution is -0.389. The highest BCUT2D eigenvalue weighted by Crippen LogP contribution is 2.12. The Labute approximate surface area is 143 Å². The standard InChI is InChI=1S/C14H21N5O6/c1-9(14(22)23)18(7-5-15-11(3)20)13(21)4-6-17-8-12(19(24)25)16-10(17)2/h8-9H,4-7H2,1-3H3,(H,15,20)(H,22,23). The Morgan fingerprint density at radius 3 is 2.60 bits per heavy atom. The number of carboxylic acids is 1. The van der Waals surface area contributed by atoms with E-state index in [9.17, 15) is 24.5 Å². The van der Waals surface area contributed by atoms with E-state index in [2.05, 4.69) is 10.3 Å². The van der Waals surface area contributed by atoms with Gasteiger partial charge in [-0.05, 0) is 16.8 Å². The number of amides is 2. The number of carbonyl (C=O) groups is 3. The molecule has 25 heavy (non-hydrogen) atoms. The predicted octanol–water partition coefficient (Wildman–Crippen LogP) is -0.0724. The van der Waals surface area contributed by atoms with Crippen LogP contribution in [0.15, 0.2) is 6.20 Å². The van der Waals surface area contributed by atoms with Gasteiger partial charge in [-0.3, -0.25) is 9.59 Å². The number of carboxylic acid groups (broad SMARTS) is 1. The van der Waals surface area contributed by atoms with Crippen molar-refractivity contribution in [3.63, 3.8) is 0 Å². The van der Waals surface area contributed by atoms with Gasteiger partial charge in [-0.25, -0.2) is 4.79 Å². The summed E-state index contributed by atoms with van der Waals surface area (Å²) in [5.41, 5.74) is 0. The van der Waals surface area contributed by atoms with Crippen molar-refractivity contribution in [1.29, 1.82) is 0 Å². The highest BCUT2D eigenvalue weighted by Gasteiger charge is 2.25. The van der Waals surface area contributed by atoms with E-state index in [0.29, 0.717) is 5.82 Å². The topological polar surface area (TPSA) is 148 Å². The van der Waals surface area contributed by atoms with Gasteiger partial charge in [0.25, 0.3) is 0 Å². The van der Waals surface area contributed by atoms with Gasteiger partial charge in [0.15, 0.2) is 0 Å². The van der Waals surface area contributed by atoms with E-state index in [1.54, 1.807) is 6.92 Å². The molecule has 1 rings (SSSR count). The van der Waals surface area contributed by atoms with Crippen molar-refractivity contribution in [2.75, 3.05) is 13.1 Å². The van der Waals surface area contributed by atoms with Crippen LogP contribution in [0.2, 0.25) is 0 Å². The first-order valence-electron chi connectivity index (χ1n) is 7.58. The molecule has 0 aromatic carbocycles. The third-order valence-corrected chi connectivity index (χ3v) is 3.59. The summed E-state index contributed by atoms with van der Waals surface area (Å²) >= 11 is 0. The Kier molecular flexibility index (Phi) is 7.03. The van der Waals surface area contributed by atoms with Gasteiger partial charge in [0.05, 0.1) is 0 Å². The number of hydrogen-bond acceptors (Lipinski definition) is 6. The van der Waals surface area contributed by atoms with E-state index in [4.69, 9.17) is 5.11 Å². The molecule has 11 heteroatoms. The second-order valence-corrected chi connectivity index (χ2v) is 5.43. The van der Waals surface area contributed by atoms with Crippen LogP contribution in [0.1, 0.15) is 26.1 Å². The number of aromatic nitrogens is 2. The van der Waals surface area contributed by atoms with Gasteiger partial charge in [0.1, 0.15) is 12.2 Å². The quantitative estimate of drug-likeness (QED) is 0.465. The number of nitrogens with one attached hydrogen (secondary N) is 1. The molecule has 0 saturated heterocycles. The molecule has 11 nitrogen and oxygen atoms in total. The minimum absolute atomic E-state index is 0.0496. The molecular weight excluding hydrogens is 334 g/mol. The molecule has 1 heterocycles. The van der Waals surface area contributed by atoms with Gasteiger partial charge in [-0.15, -0.1) is 0 Å². The Hall–Kier alpha value is -2.98. The second kappa shape index (κ2) is 8.76. The molecule has 0 aliphatic carbocycles. The van der Waals surface area contributed by atoms with Gasteiger partial charge in [0, 0.05) is 39.9 Å². The lowest BCUT2D eigenvalue weighted by atomic mass is 10.2. The van der Waals surface area contributed by atoms with Crippen molar-refractivity contribution < 1.29 is 24.4 Å². The maximum atomic E-state index is 12.4. The van der Waals surface area contributed by atoms with Crippen LogP contribution in [0.4, 0.5) is 5.82 Å². The summed E-state index contributed by atoms with van der Waals surface area (Å²) in [6, 6.07) is -1.06. The number of aliphatic carboxylic acids is 1. The van der Waals surface area contributed by atoms with Crippen LogP contribution in [0.25, 0.3) is 0 Å². The highest BCUT2D eigenvalue weighted by molar-refractivity contribution is 5.83. The molecule has 0 saturated carbocycles. The summed E-state index contributed by atoms with van der Waals surface area (Å²) < 4.78 is 1.47. The molecule has 2 amide bonds. The van der Waals surface area contributed by atoms with E-state index < -0.39 is 22.8 Å². The third kappa shape index (κ3) is 5.86. The Morgan fingerprint density at radius 1 is 1.48 bits per heavy atom. The van der Waals surface area contributed by atoms with Crippen LogP contribution in [0.5, 0.6) is 0 Å². The van der Waals surface area contributed by atoms with Crippen molar-refractivity contribution in [3.05, 3.63) is 22.1 Å². The molecule has 0 spiro atoms. The highest BCUT2D eigenvalue weighted by atomic mass is 16.6. The van der Waals surface area contributed by atoms with Crippen LogP contribution >= 0.6 is 0 Å². The van der Waals surface area contributed by atoms with Gasteiger partial charge >= 0.3 is 11.8 Å². The summed E-state index contributed by atoms with van der Waals surface area (Å²) in [6.07, 6.45) is 1.18. The molecule has 1 atom stereocenters. The summed E-state index contributed by atoms with van der Waals surface area (Å²) in [5, 5.41) is 22.3. The van der Waals surface area contributed by atoms with Crippen molar-refractivity contribution in [2.24, 2.45) is 0 Å². The maximum absolute atomic E-state index is 12.4. The van der Waals surface area contributed by atoms with E-state index in [1.807, 2.05) is 0 Å². The van der Waals surface area contributed by atoms with Crippen molar-refractivity contribution >= 4 is 23.6 Å². The number of nitrogens with zero attached hydrogens (tertiary/aromatic N) is 4. The van der Waals surface area contributed by atoms with E-state index in [1.165, 1.54) is 24.6 Å². The SMILES string of the molecule is CC(=O)NCCN(C(=O)CCn1cc([N+](=O)[O-])nc1C)C(C)C(=O)O. The molecule has 0 fully saturated rings. The largest absolute Gasteiger partial charge is 0.480 e. The fourth-order valence-electron chi connectivity index (χ4n) is 2.19. The zero-order valence-corrected chi connectivity index (χ0v) is 14.3. The second-order valence-electron chi connectivity index (χ2n) is 5.43. The zero-order chi connectivity index (χ0) is 19.1. The smallest absolute Gasteiger partial charge is 0.381 e. The van der Waals surface area contributed by atoms with Crippen LogP contribution in [0, 0.1) is 17.0 Å². The van der Waals surface area contributed by atoms with Gasteiger partial charge < -0.3 is 30.0 Å². The van der Waals surface area contributed by atoms with Crippen LogP contribution < -0.4 is 5.32 Å². The molecule has 138 valence electrons. The summed E-state index contributed by atoms with van der Waals surface area (Å²) in [5.74, 6) is -1.81. The van der Waals surface area contributed by atoms with Crippen molar-refractivity contribution in [1.82, 2.24) is 19.8 Å². The first-order valence-corrected chi connectivity index (χ1v) is 7.58. The molecule has 1 unspecified atom stereocenters. The third-order valence-electron chi connectivity index (χ3n) is 3.59. The number of rotatable bonds is 9. The fourth-order valence-corrected chi connectivity index (χ4v) is 2.19. The normalized spacial score (nSPS) is 11.6. The van der Waals surface area contributed by atoms with Crippen LogP contribution in [-0.4, -0.2) is 61.4 Å². The van der Waals surface area contributed by atoms with E-state index in [-0.39, 0.29) is 37.8 Å². The summed E-state index contributed by atoms with van der Waals surface area (Å²) in [6.45, 7) is 4.59. The first kappa shape index (κ1) is 20.1. The van der Waals surface area contributed by atoms with Crippen molar-refractivity contribution in [2.45, 2.75) is 39.8 Å². The van der Waals surface area contributed by atoms with Crippen LogP contribution in [-0.2, 0) is 20.9 Å². The van der Waals surface area contributed by atoms with Gasteiger partial charge in [-0.2, -0.15) is 0 Å².